The number of nitrogens with one attached hydrogen (secondary N) is 1. The van der Waals surface area contributed by atoms with E-state index in [9.17, 15) is 14.0 Å². The molecule has 0 aliphatic carbocycles. The Bertz CT molecular complexity index is 849. The second-order valence-electron chi connectivity index (χ2n) is 6.80. The molecule has 1 N–H and O–H groups in total. The first-order valence-corrected chi connectivity index (χ1v) is 8.13. The van der Waals surface area contributed by atoms with Gasteiger partial charge in [0, 0.05) is 26.2 Å². The molecular formula is C15H20FN7O3. The van der Waals surface area contributed by atoms with Crippen LogP contribution in [0.2, 0.25) is 0 Å². The highest BCUT2D eigenvalue weighted by Gasteiger charge is 2.27. The number of H-pyrrole nitrogens is 1. The molecule has 3 rings (SSSR count). The van der Waals surface area contributed by atoms with Crippen molar-refractivity contribution in [3.63, 3.8) is 0 Å². The van der Waals surface area contributed by atoms with Gasteiger partial charge in [-0.25, -0.2) is 19.0 Å². The molecule has 0 atom stereocenters. The molecule has 3 heterocycles. The van der Waals surface area contributed by atoms with E-state index in [1.807, 2.05) is 25.7 Å². The number of carbonyl (C=O) groups is 1. The standard InChI is InChI=1S/C15H20FN7O3/c1-15(2,3)26-14(25)22-6-4-21(5-7-22)12-17-8-10(16)11(20-12)23-13(24)18-9-19-23/h8-9H,4-7H2,1-3H3,(H,18,19,24). The van der Waals surface area contributed by atoms with E-state index in [1.165, 1.54) is 0 Å². The van der Waals surface area contributed by atoms with E-state index in [4.69, 9.17) is 4.74 Å². The average Bonchev–Trinajstić information content (AvgIpc) is 3.00. The lowest BCUT2D eigenvalue weighted by molar-refractivity contribution is 0.0240. The molecule has 0 saturated carbocycles. The van der Waals surface area contributed by atoms with Crippen molar-refractivity contribution < 1.29 is 13.9 Å². The molecule has 1 aliphatic heterocycles. The zero-order valence-electron chi connectivity index (χ0n) is 14.8. The number of halogens is 1. The quantitative estimate of drug-likeness (QED) is 0.827. The fourth-order valence-corrected chi connectivity index (χ4v) is 2.47. The van der Waals surface area contributed by atoms with Crippen molar-refractivity contribution in [3.8, 4) is 5.82 Å². The lowest BCUT2D eigenvalue weighted by Crippen LogP contribution is -2.50. The number of piperazine rings is 1. The van der Waals surface area contributed by atoms with Crippen molar-refractivity contribution in [2.75, 3.05) is 31.1 Å². The van der Waals surface area contributed by atoms with E-state index >= 15 is 0 Å². The summed E-state index contributed by atoms with van der Waals surface area (Å²) in [4.78, 5) is 37.6. The third-order valence-corrected chi connectivity index (χ3v) is 3.68. The topological polar surface area (TPSA) is 109 Å². The molecule has 1 amide bonds. The molecule has 1 fully saturated rings. The number of aromatic nitrogens is 5. The number of carbonyl (C=O) groups excluding carboxylic acids is 1. The molecule has 0 unspecified atom stereocenters. The molecular weight excluding hydrogens is 345 g/mol. The van der Waals surface area contributed by atoms with Gasteiger partial charge in [0.15, 0.2) is 11.6 Å². The zero-order valence-corrected chi connectivity index (χ0v) is 14.8. The maximum atomic E-state index is 14.0. The number of rotatable bonds is 2. The van der Waals surface area contributed by atoms with E-state index < -0.39 is 17.1 Å². The van der Waals surface area contributed by atoms with Crippen LogP contribution in [0, 0.1) is 5.82 Å². The Kier molecular flexibility index (Phi) is 4.62. The summed E-state index contributed by atoms with van der Waals surface area (Å²) in [5, 5.41) is 3.73. The number of hydrogen-bond acceptors (Lipinski definition) is 7. The highest BCUT2D eigenvalue weighted by Crippen LogP contribution is 2.16. The Balaban J connectivity index is 1.71. The summed E-state index contributed by atoms with van der Waals surface area (Å²) in [6.45, 7) is 7.20. The van der Waals surface area contributed by atoms with E-state index in [0.717, 1.165) is 17.2 Å². The van der Waals surface area contributed by atoms with Gasteiger partial charge in [-0.2, -0.15) is 14.8 Å². The maximum Gasteiger partial charge on any atom is 0.410 e. The third-order valence-electron chi connectivity index (χ3n) is 3.68. The van der Waals surface area contributed by atoms with Crippen LogP contribution in [0.5, 0.6) is 0 Å². The van der Waals surface area contributed by atoms with Crippen LogP contribution < -0.4 is 10.6 Å². The van der Waals surface area contributed by atoms with Gasteiger partial charge < -0.3 is 14.5 Å². The summed E-state index contributed by atoms with van der Waals surface area (Å²) in [6.07, 6.45) is 1.78. The Labute approximate surface area is 148 Å². The number of amides is 1. The molecule has 2 aromatic rings. The van der Waals surface area contributed by atoms with Crippen LogP contribution >= 0.6 is 0 Å². The molecule has 2 aromatic heterocycles. The molecule has 10 nitrogen and oxygen atoms in total. The lowest BCUT2D eigenvalue weighted by Gasteiger charge is -2.35. The maximum absolute atomic E-state index is 14.0. The van der Waals surface area contributed by atoms with Gasteiger partial charge in [-0.1, -0.05) is 0 Å². The normalized spacial score (nSPS) is 15.2. The Morgan fingerprint density at radius 2 is 1.96 bits per heavy atom. The summed E-state index contributed by atoms with van der Waals surface area (Å²) in [7, 11) is 0. The predicted octanol–water partition coefficient (Wildman–Crippen LogP) is 0.547. The van der Waals surface area contributed by atoms with E-state index in [-0.39, 0.29) is 17.9 Å². The van der Waals surface area contributed by atoms with Gasteiger partial charge in [-0.15, -0.1) is 0 Å². The van der Waals surface area contributed by atoms with Crippen LogP contribution in [0.3, 0.4) is 0 Å². The number of aromatic amines is 1. The molecule has 1 aliphatic rings. The third kappa shape index (κ3) is 3.81. The second kappa shape index (κ2) is 6.73. The van der Waals surface area contributed by atoms with Gasteiger partial charge in [-0.05, 0) is 20.8 Å². The molecule has 1 saturated heterocycles. The minimum Gasteiger partial charge on any atom is -0.444 e. The van der Waals surface area contributed by atoms with Crippen LogP contribution in [0.4, 0.5) is 15.1 Å². The largest absolute Gasteiger partial charge is 0.444 e. The van der Waals surface area contributed by atoms with Crippen molar-refractivity contribution in [2.24, 2.45) is 0 Å². The minimum absolute atomic E-state index is 0.226. The summed E-state index contributed by atoms with van der Waals surface area (Å²) >= 11 is 0. The first kappa shape index (κ1) is 17.8. The smallest absolute Gasteiger partial charge is 0.410 e. The van der Waals surface area contributed by atoms with Crippen molar-refractivity contribution in [2.45, 2.75) is 26.4 Å². The van der Waals surface area contributed by atoms with Gasteiger partial charge in [0.25, 0.3) is 0 Å². The lowest BCUT2D eigenvalue weighted by atomic mass is 10.2. The van der Waals surface area contributed by atoms with Crippen molar-refractivity contribution in [3.05, 3.63) is 28.8 Å². The number of ether oxygens (including phenoxy) is 1. The highest BCUT2D eigenvalue weighted by molar-refractivity contribution is 5.68. The SMILES string of the molecule is CC(C)(C)OC(=O)N1CCN(c2ncc(F)c(-n3nc[nH]c3=O)n2)CC1. The number of anilines is 1. The Morgan fingerprint density at radius 3 is 2.54 bits per heavy atom. The fraction of sp³-hybridized carbons (Fsp3) is 0.533. The van der Waals surface area contributed by atoms with Gasteiger partial charge in [-0.3, -0.25) is 4.98 Å². The van der Waals surface area contributed by atoms with E-state index in [0.29, 0.717) is 26.2 Å². The molecule has 26 heavy (non-hydrogen) atoms. The minimum atomic E-state index is -0.754. The first-order chi connectivity index (χ1) is 12.2. The van der Waals surface area contributed by atoms with Gasteiger partial charge >= 0.3 is 11.8 Å². The predicted molar refractivity (Wildman–Crippen MR) is 89.8 cm³/mol. The average molecular weight is 365 g/mol. The highest BCUT2D eigenvalue weighted by atomic mass is 19.1. The van der Waals surface area contributed by atoms with E-state index in [2.05, 4.69) is 20.1 Å². The summed E-state index contributed by atoms with van der Waals surface area (Å²) < 4.78 is 20.2. The van der Waals surface area contributed by atoms with Crippen LogP contribution in [0.25, 0.3) is 5.82 Å². The summed E-state index contributed by atoms with van der Waals surface area (Å²) in [5.74, 6) is -0.716. The number of hydrogen-bond donors (Lipinski definition) is 1. The monoisotopic (exact) mass is 365 g/mol. The first-order valence-electron chi connectivity index (χ1n) is 8.13. The Morgan fingerprint density at radius 1 is 1.27 bits per heavy atom. The summed E-state index contributed by atoms with van der Waals surface area (Å²) in [6, 6.07) is 0. The van der Waals surface area contributed by atoms with Gasteiger partial charge in [0.2, 0.25) is 5.95 Å². The molecule has 0 radical (unpaired) electrons. The number of nitrogens with zero attached hydrogens (tertiary/aromatic N) is 6. The van der Waals surface area contributed by atoms with Crippen molar-refractivity contribution in [1.29, 1.82) is 0 Å². The molecule has 0 bridgehead atoms. The summed E-state index contributed by atoms with van der Waals surface area (Å²) in [5.41, 5.74) is -1.15. The van der Waals surface area contributed by atoms with Crippen molar-refractivity contribution in [1.82, 2.24) is 29.6 Å². The van der Waals surface area contributed by atoms with Crippen LogP contribution in [-0.2, 0) is 4.74 Å². The van der Waals surface area contributed by atoms with Crippen molar-refractivity contribution >= 4 is 12.0 Å². The Hall–Kier alpha value is -2.98. The van der Waals surface area contributed by atoms with Gasteiger partial charge in [0.1, 0.15) is 11.9 Å². The zero-order chi connectivity index (χ0) is 18.9. The molecule has 140 valence electrons. The second-order valence-corrected chi connectivity index (χ2v) is 6.80. The molecule has 11 heteroatoms. The molecule has 0 aromatic carbocycles. The van der Waals surface area contributed by atoms with E-state index in [1.54, 1.807) is 4.90 Å². The van der Waals surface area contributed by atoms with Crippen LogP contribution in [-0.4, -0.2) is 67.5 Å². The van der Waals surface area contributed by atoms with Crippen LogP contribution in [0.1, 0.15) is 20.8 Å². The fourth-order valence-electron chi connectivity index (χ4n) is 2.47. The van der Waals surface area contributed by atoms with Gasteiger partial charge in [0.05, 0.1) is 6.20 Å². The van der Waals surface area contributed by atoms with Crippen LogP contribution in [0.15, 0.2) is 17.3 Å². The molecule has 0 spiro atoms.